The van der Waals surface area contributed by atoms with Crippen LogP contribution in [-0.4, -0.2) is 52.6 Å². The quantitative estimate of drug-likeness (QED) is 0.673. The first-order chi connectivity index (χ1) is 14.4. The van der Waals surface area contributed by atoms with Gasteiger partial charge < -0.3 is 4.74 Å². The highest BCUT2D eigenvalue weighted by Gasteiger charge is 2.44. The van der Waals surface area contributed by atoms with Gasteiger partial charge in [0.15, 0.2) is 9.84 Å². The molecule has 2 aromatic heterocycles. The predicted octanol–water partition coefficient (Wildman–Crippen LogP) is 3.38. The molecule has 1 aromatic carbocycles. The van der Waals surface area contributed by atoms with Crippen molar-refractivity contribution in [2.24, 2.45) is 0 Å². The summed E-state index contributed by atoms with van der Waals surface area (Å²) >= 11 is 0. The zero-order valence-corrected chi connectivity index (χ0v) is 18.0. The van der Waals surface area contributed by atoms with Gasteiger partial charge in [0.25, 0.3) is 0 Å². The molecule has 0 unspecified atom stereocenters. The lowest BCUT2D eigenvalue weighted by Gasteiger charge is -2.38. The summed E-state index contributed by atoms with van der Waals surface area (Å²) in [5.74, 6) is 0.689. The normalized spacial score (nSPS) is 24.4. The zero-order chi connectivity index (χ0) is 20.9. The van der Waals surface area contributed by atoms with Crippen molar-refractivity contribution in [2.45, 2.75) is 62.6 Å². The molecule has 7 nitrogen and oxygen atoms in total. The minimum Gasteiger partial charge on any atom is -0.474 e. The fraction of sp³-hybridized carbons (Fsp3) is 0.455. The molecule has 3 aromatic rings. The SMILES string of the molecule is Cc1n[nH]c(C)c1S(=O)(=O)CN1[C@@H]2CC[C@H]1C[C@H](Oc1ccc3ccccc3n1)C2. The van der Waals surface area contributed by atoms with E-state index in [-0.39, 0.29) is 24.1 Å². The van der Waals surface area contributed by atoms with E-state index in [0.717, 1.165) is 36.6 Å². The number of aromatic amines is 1. The molecule has 2 fully saturated rings. The number of H-pyrrole nitrogens is 1. The van der Waals surface area contributed by atoms with Crippen molar-refractivity contribution in [3.63, 3.8) is 0 Å². The smallest absolute Gasteiger partial charge is 0.214 e. The first kappa shape index (κ1) is 19.5. The van der Waals surface area contributed by atoms with Gasteiger partial charge >= 0.3 is 0 Å². The molecule has 158 valence electrons. The number of pyridine rings is 1. The number of rotatable bonds is 5. The number of aromatic nitrogens is 3. The Bertz CT molecular complexity index is 1160. The van der Waals surface area contributed by atoms with Gasteiger partial charge in [-0.2, -0.15) is 5.10 Å². The van der Waals surface area contributed by atoms with Gasteiger partial charge in [-0.25, -0.2) is 13.4 Å². The Morgan fingerprint density at radius 2 is 1.83 bits per heavy atom. The maximum Gasteiger partial charge on any atom is 0.214 e. The van der Waals surface area contributed by atoms with E-state index >= 15 is 0 Å². The Morgan fingerprint density at radius 3 is 2.53 bits per heavy atom. The average Bonchev–Trinajstić information content (AvgIpc) is 3.16. The molecule has 2 saturated heterocycles. The minimum absolute atomic E-state index is 0.0461. The first-order valence-electron chi connectivity index (χ1n) is 10.4. The van der Waals surface area contributed by atoms with E-state index in [0.29, 0.717) is 22.2 Å². The molecule has 0 saturated carbocycles. The summed E-state index contributed by atoms with van der Waals surface area (Å²) in [6, 6.07) is 12.4. The molecular weight excluding hydrogens is 400 g/mol. The molecule has 2 aliphatic heterocycles. The molecule has 0 spiro atoms. The highest BCUT2D eigenvalue weighted by atomic mass is 32.2. The number of para-hydroxylation sites is 1. The molecule has 5 rings (SSSR count). The molecule has 3 atom stereocenters. The van der Waals surface area contributed by atoms with Gasteiger partial charge in [0, 0.05) is 23.5 Å². The van der Waals surface area contributed by atoms with Gasteiger partial charge in [-0.1, -0.05) is 18.2 Å². The van der Waals surface area contributed by atoms with Crippen LogP contribution in [0.25, 0.3) is 10.9 Å². The van der Waals surface area contributed by atoms with E-state index in [9.17, 15) is 8.42 Å². The van der Waals surface area contributed by atoms with Crippen molar-refractivity contribution in [3.05, 3.63) is 47.8 Å². The molecule has 8 heteroatoms. The van der Waals surface area contributed by atoms with Crippen molar-refractivity contribution >= 4 is 20.7 Å². The number of ether oxygens (including phenoxy) is 1. The van der Waals surface area contributed by atoms with Crippen molar-refractivity contribution in [2.75, 3.05) is 5.88 Å². The molecule has 2 aliphatic rings. The van der Waals surface area contributed by atoms with Crippen LogP contribution >= 0.6 is 0 Å². The monoisotopic (exact) mass is 426 g/mol. The summed E-state index contributed by atoms with van der Waals surface area (Å²) in [6.07, 6.45) is 3.73. The standard InChI is InChI=1S/C22H26N4O3S/c1-14-22(15(2)25-24-14)30(27,28)13-26-17-8-9-18(26)12-19(11-17)29-21-10-7-16-5-3-4-6-20(16)23-21/h3-7,10,17-19H,8-9,11-13H2,1-2H3,(H,24,25)/t17-,18+,19-. The van der Waals surface area contributed by atoms with Crippen LogP contribution in [0.4, 0.5) is 0 Å². The van der Waals surface area contributed by atoms with Crippen molar-refractivity contribution < 1.29 is 13.2 Å². The Labute approximate surface area is 176 Å². The Hall–Kier alpha value is -2.45. The van der Waals surface area contributed by atoms with Gasteiger partial charge in [-0.3, -0.25) is 10.00 Å². The van der Waals surface area contributed by atoms with Gasteiger partial charge in [-0.15, -0.1) is 0 Å². The van der Waals surface area contributed by atoms with Crippen LogP contribution in [0.3, 0.4) is 0 Å². The molecule has 0 amide bonds. The van der Waals surface area contributed by atoms with E-state index in [2.05, 4.69) is 20.1 Å². The number of aryl methyl sites for hydroxylation is 2. The van der Waals surface area contributed by atoms with Crippen LogP contribution in [0.5, 0.6) is 5.88 Å². The van der Waals surface area contributed by atoms with Crippen molar-refractivity contribution in [1.29, 1.82) is 0 Å². The van der Waals surface area contributed by atoms with Crippen LogP contribution < -0.4 is 4.74 Å². The molecule has 4 heterocycles. The second-order valence-electron chi connectivity index (χ2n) is 8.46. The second-order valence-corrected chi connectivity index (χ2v) is 10.4. The summed E-state index contributed by atoms with van der Waals surface area (Å²) in [5.41, 5.74) is 2.08. The third-order valence-corrected chi connectivity index (χ3v) is 8.25. The average molecular weight is 427 g/mol. The Kier molecular flexibility index (Phi) is 4.78. The number of sulfone groups is 1. The molecule has 30 heavy (non-hydrogen) atoms. The second kappa shape index (κ2) is 7.35. The van der Waals surface area contributed by atoms with Crippen LogP contribution in [0.1, 0.15) is 37.1 Å². The fourth-order valence-electron chi connectivity index (χ4n) is 5.07. The van der Waals surface area contributed by atoms with E-state index in [1.165, 1.54) is 0 Å². The first-order valence-corrected chi connectivity index (χ1v) is 12.1. The lowest BCUT2D eigenvalue weighted by atomic mass is 10.0. The number of benzene rings is 1. The summed E-state index contributed by atoms with van der Waals surface area (Å²) < 4.78 is 32.4. The topological polar surface area (TPSA) is 88.2 Å². The van der Waals surface area contributed by atoms with E-state index in [1.807, 2.05) is 36.4 Å². The van der Waals surface area contributed by atoms with Gasteiger partial charge in [0.2, 0.25) is 5.88 Å². The minimum atomic E-state index is -3.43. The molecular formula is C22H26N4O3S. The zero-order valence-electron chi connectivity index (χ0n) is 17.2. The van der Waals surface area contributed by atoms with E-state index < -0.39 is 9.84 Å². The van der Waals surface area contributed by atoms with Crippen LogP contribution in [0, 0.1) is 13.8 Å². The van der Waals surface area contributed by atoms with E-state index in [1.54, 1.807) is 13.8 Å². The fourth-order valence-corrected chi connectivity index (χ4v) is 7.03. The summed E-state index contributed by atoms with van der Waals surface area (Å²) in [4.78, 5) is 7.14. The third kappa shape index (κ3) is 3.48. The number of nitrogens with zero attached hydrogens (tertiary/aromatic N) is 3. The molecule has 0 radical (unpaired) electrons. The summed E-state index contributed by atoms with van der Waals surface area (Å²) in [6.45, 7) is 3.50. The molecule has 0 aliphatic carbocycles. The van der Waals surface area contributed by atoms with Crippen LogP contribution in [0.15, 0.2) is 41.3 Å². The summed E-state index contributed by atoms with van der Waals surface area (Å²) in [5, 5.41) is 7.94. The maximum atomic E-state index is 13.1. The predicted molar refractivity (Wildman–Crippen MR) is 114 cm³/mol. The number of piperidine rings is 1. The third-order valence-electron chi connectivity index (χ3n) is 6.39. The largest absolute Gasteiger partial charge is 0.474 e. The van der Waals surface area contributed by atoms with E-state index in [4.69, 9.17) is 4.74 Å². The highest BCUT2D eigenvalue weighted by molar-refractivity contribution is 7.91. The maximum absolute atomic E-state index is 13.1. The van der Waals surface area contributed by atoms with Gasteiger partial charge in [0.05, 0.1) is 16.9 Å². The van der Waals surface area contributed by atoms with Gasteiger partial charge in [0.1, 0.15) is 16.9 Å². The number of hydrogen-bond acceptors (Lipinski definition) is 6. The van der Waals surface area contributed by atoms with Crippen molar-refractivity contribution in [3.8, 4) is 5.88 Å². The number of hydrogen-bond donors (Lipinski definition) is 1. The highest BCUT2D eigenvalue weighted by Crippen LogP contribution is 2.38. The molecule has 2 bridgehead atoms. The number of fused-ring (bicyclic) bond motifs is 3. The lowest BCUT2D eigenvalue weighted by Crippen LogP contribution is -2.48. The van der Waals surface area contributed by atoms with Gasteiger partial charge in [-0.05, 0) is 51.7 Å². The molecule has 1 N–H and O–H groups in total. The van der Waals surface area contributed by atoms with Crippen LogP contribution in [0.2, 0.25) is 0 Å². The number of nitrogens with one attached hydrogen (secondary N) is 1. The van der Waals surface area contributed by atoms with Crippen molar-refractivity contribution in [1.82, 2.24) is 20.1 Å². The summed E-state index contributed by atoms with van der Waals surface area (Å²) in [7, 11) is -3.43. The Morgan fingerprint density at radius 1 is 1.10 bits per heavy atom. The lowest BCUT2D eigenvalue weighted by molar-refractivity contribution is 0.0584. The Balaban J connectivity index is 1.30. The van der Waals surface area contributed by atoms with Crippen LogP contribution in [-0.2, 0) is 9.84 Å².